The summed E-state index contributed by atoms with van der Waals surface area (Å²) in [6.45, 7) is 5.43. The van der Waals surface area contributed by atoms with Gasteiger partial charge in [-0.1, -0.05) is 26.7 Å². The van der Waals surface area contributed by atoms with Gasteiger partial charge in [-0.05, 0) is 19.3 Å². The molecule has 0 heterocycles. The maximum atomic E-state index is 9.69. The number of aliphatic hydroxyl groups excluding tert-OH is 2. The van der Waals surface area contributed by atoms with Gasteiger partial charge in [0.2, 0.25) is 0 Å². The van der Waals surface area contributed by atoms with Crippen LogP contribution in [0.2, 0.25) is 0 Å². The summed E-state index contributed by atoms with van der Waals surface area (Å²) in [5.41, 5.74) is -1.15. The summed E-state index contributed by atoms with van der Waals surface area (Å²) in [6.07, 6.45) is 1.42. The Kier molecular flexibility index (Phi) is 5.53. The lowest BCUT2D eigenvalue weighted by molar-refractivity contribution is -0.0885. The average Bonchev–Trinajstić information content (AvgIpc) is 2.01. The van der Waals surface area contributed by atoms with Crippen LogP contribution in [0.5, 0.6) is 0 Å². The molecule has 0 rings (SSSR count). The Hall–Kier alpha value is -0.120. The van der Waals surface area contributed by atoms with E-state index in [0.29, 0.717) is 12.3 Å². The van der Waals surface area contributed by atoms with Crippen molar-refractivity contribution in [3.8, 4) is 0 Å². The van der Waals surface area contributed by atoms with Crippen molar-refractivity contribution in [1.29, 1.82) is 0 Å². The van der Waals surface area contributed by atoms with Crippen molar-refractivity contribution >= 4 is 0 Å². The molecule has 0 saturated carbocycles. The van der Waals surface area contributed by atoms with Crippen LogP contribution in [0.3, 0.4) is 0 Å². The predicted octanol–water partition coefficient (Wildman–Crippen LogP) is 0.917. The number of hydrogen-bond acceptors (Lipinski definition) is 3. The van der Waals surface area contributed by atoms with E-state index >= 15 is 0 Å². The zero-order valence-corrected chi connectivity index (χ0v) is 8.82. The highest BCUT2D eigenvalue weighted by molar-refractivity contribution is 4.80. The molecule has 0 amide bonds. The second-order valence-electron chi connectivity index (χ2n) is 4.34. The van der Waals surface area contributed by atoms with Crippen LogP contribution >= 0.6 is 0 Å². The van der Waals surface area contributed by atoms with Gasteiger partial charge in [0, 0.05) is 0 Å². The second kappa shape index (κ2) is 5.58. The summed E-state index contributed by atoms with van der Waals surface area (Å²) in [6, 6.07) is 0. The van der Waals surface area contributed by atoms with E-state index in [2.05, 4.69) is 13.8 Å². The molecule has 0 aromatic carbocycles. The first-order valence-corrected chi connectivity index (χ1v) is 4.91. The maximum Gasteiger partial charge on any atom is 0.105 e. The van der Waals surface area contributed by atoms with E-state index in [1.54, 1.807) is 6.92 Å². The van der Waals surface area contributed by atoms with Crippen LogP contribution < -0.4 is 0 Å². The molecule has 3 heteroatoms. The first-order chi connectivity index (χ1) is 5.90. The first-order valence-electron chi connectivity index (χ1n) is 4.91. The average molecular weight is 190 g/mol. The van der Waals surface area contributed by atoms with E-state index in [1.165, 1.54) is 0 Å². The summed E-state index contributed by atoms with van der Waals surface area (Å²) in [4.78, 5) is 0. The SMILES string of the molecule is CC(C)CCCC(C)(O)C(O)CO. The Morgan fingerprint density at radius 3 is 2.23 bits per heavy atom. The van der Waals surface area contributed by atoms with Gasteiger partial charge in [-0.2, -0.15) is 0 Å². The molecule has 0 radical (unpaired) electrons. The number of rotatable bonds is 6. The van der Waals surface area contributed by atoms with Gasteiger partial charge in [-0.15, -0.1) is 0 Å². The predicted molar refractivity (Wildman–Crippen MR) is 52.4 cm³/mol. The summed E-state index contributed by atoms with van der Waals surface area (Å²) in [5, 5.41) is 27.6. The molecule has 0 aromatic rings. The fourth-order valence-electron chi connectivity index (χ4n) is 1.23. The summed E-state index contributed by atoms with van der Waals surface area (Å²) < 4.78 is 0. The molecule has 0 aliphatic rings. The molecule has 80 valence electrons. The monoisotopic (exact) mass is 190 g/mol. The zero-order valence-electron chi connectivity index (χ0n) is 8.82. The molecular formula is C10H22O3. The van der Waals surface area contributed by atoms with Crippen LogP contribution in [0.4, 0.5) is 0 Å². The van der Waals surface area contributed by atoms with E-state index in [4.69, 9.17) is 5.11 Å². The van der Waals surface area contributed by atoms with Gasteiger partial charge >= 0.3 is 0 Å². The van der Waals surface area contributed by atoms with Gasteiger partial charge in [0.15, 0.2) is 0 Å². The molecule has 0 saturated heterocycles. The third-order valence-corrected chi connectivity index (χ3v) is 2.36. The van der Waals surface area contributed by atoms with Crippen molar-refractivity contribution < 1.29 is 15.3 Å². The Balaban J connectivity index is 3.75. The van der Waals surface area contributed by atoms with Gasteiger partial charge in [-0.25, -0.2) is 0 Å². The molecule has 0 fully saturated rings. The van der Waals surface area contributed by atoms with Crippen LogP contribution in [0, 0.1) is 5.92 Å². The summed E-state index contributed by atoms with van der Waals surface area (Å²) in [7, 11) is 0. The van der Waals surface area contributed by atoms with E-state index in [1.807, 2.05) is 0 Å². The molecule has 0 bridgehead atoms. The number of hydrogen-bond donors (Lipinski definition) is 3. The molecule has 2 atom stereocenters. The summed E-state index contributed by atoms with van der Waals surface area (Å²) >= 11 is 0. The van der Waals surface area contributed by atoms with Crippen molar-refractivity contribution in [1.82, 2.24) is 0 Å². The lowest BCUT2D eigenvalue weighted by atomic mass is 9.91. The maximum absolute atomic E-state index is 9.69. The van der Waals surface area contributed by atoms with Gasteiger partial charge in [0.05, 0.1) is 12.2 Å². The van der Waals surface area contributed by atoms with Gasteiger partial charge in [0.1, 0.15) is 6.10 Å². The third kappa shape index (κ3) is 5.24. The second-order valence-corrected chi connectivity index (χ2v) is 4.34. The van der Waals surface area contributed by atoms with Gasteiger partial charge in [-0.3, -0.25) is 0 Å². The topological polar surface area (TPSA) is 60.7 Å². The molecule has 13 heavy (non-hydrogen) atoms. The molecule has 0 spiro atoms. The quantitative estimate of drug-likeness (QED) is 0.583. The normalized spacial score (nSPS) is 18.7. The molecule has 0 aromatic heterocycles. The highest BCUT2D eigenvalue weighted by atomic mass is 16.4. The standard InChI is InChI=1S/C10H22O3/c1-8(2)5-4-6-10(3,13)9(12)7-11/h8-9,11-13H,4-7H2,1-3H3. The Labute approximate surface area is 80.4 Å². The lowest BCUT2D eigenvalue weighted by Crippen LogP contribution is -2.41. The molecule has 0 aliphatic heterocycles. The minimum atomic E-state index is -1.15. The van der Waals surface area contributed by atoms with E-state index in [0.717, 1.165) is 12.8 Å². The minimum Gasteiger partial charge on any atom is -0.394 e. The van der Waals surface area contributed by atoms with Crippen LogP contribution in [0.15, 0.2) is 0 Å². The van der Waals surface area contributed by atoms with Crippen LogP contribution in [-0.4, -0.2) is 33.6 Å². The third-order valence-electron chi connectivity index (χ3n) is 2.36. The van der Waals surface area contributed by atoms with Crippen molar-refractivity contribution in [3.05, 3.63) is 0 Å². The molecule has 3 N–H and O–H groups in total. The Morgan fingerprint density at radius 1 is 1.31 bits per heavy atom. The smallest absolute Gasteiger partial charge is 0.105 e. The molecule has 0 aliphatic carbocycles. The Bertz CT molecular complexity index is 132. The molecular weight excluding hydrogens is 168 g/mol. The lowest BCUT2D eigenvalue weighted by Gasteiger charge is -2.27. The van der Waals surface area contributed by atoms with Crippen LogP contribution in [0.25, 0.3) is 0 Å². The molecule has 2 unspecified atom stereocenters. The van der Waals surface area contributed by atoms with Crippen molar-refractivity contribution in [2.24, 2.45) is 5.92 Å². The minimum absolute atomic E-state index is 0.380. The van der Waals surface area contributed by atoms with Gasteiger partial charge in [0.25, 0.3) is 0 Å². The van der Waals surface area contributed by atoms with E-state index in [-0.39, 0.29) is 6.61 Å². The largest absolute Gasteiger partial charge is 0.394 e. The molecule has 3 nitrogen and oxygen atoms in total. The summed E-state index contributed by atoms with van der Waals surface area (Å²) in [5.74, 6) is 0.613. The van der Waals surface area contributed by atoms with Crippen molar-refractivity contribution in [2.75, 3.05) is 6.61 Å². The Morgan fingerprint density at radius 2 is 1.85 bits per heavy atom. The van der Waals surface area contributed by atoms with Crippen LogP contribution in [-0.2, 0) is 0 Å². The van der Waals surface area contributed by atoms with Crippen LogP contribution in [0.1, 0.15) is 40.0 Å². The van der Waals surface area contributed by atoms with E-state index in [9.17, 15) is 10.2 Å². The highest BCUT2D eigenvalue weighted by Crippen LogP contribution is 2.19. The van der Waals surface area contributed by atoms with Crippen molar-refractivity contribution in [2.45, 2.75) is 51.7 Å². The number of aliphatic hydroxyl groups is 3. The highest BCUT2D eigenvalue weighted by Gasteiger charge is 2.28. The fourth-order valence-corrected chi connectivity index (χ4v) is 1.23. The van der Waals surface area contributed by atoms with E-state index < -0.39 is 11.7 Å². The van der Waals surface area contributed by atoms with Crippen molar-refractivity contribution in [3.63, 3.8) is 0 Å². The van der Waals surface area contributed by atoms with Gasteiger partial charge < -0.3 is 15.3 Å². The first kappa shape index (κ1) is 12.9. The zero-order chi connectivity index (χ0) is 10.5. The fraction of sp³-hybridized carbons (Fsp3) is 1.00.